The first-order valence-corrected chi connectivity index (χ1v) is 5.90. The molecule has 0 fully saturated rings. The second-order valence-corrected chi connectivity index (χ2v) is 4.42. The van der Waals surface area contributed by atoms with Crippen molar-refractivity contribution in [2.75, 3.05) is 20.3 Å². The molecule has 0 radical (unpaired) electrons. The van der Waals surface area contributed by atoms with E-state index >= 15 is 0 Å². The molecule has 0 aliphatic carbocycles. The van der Waals surface area contributed by atoms with Crippen LogP contribution in [-0.2, 0) is 14.3 Å². The Morgan fingerprint density at radius 2 is 2.06 bits per heavy atom. The van der Waals surface area contributed by atoms with Crippen LogP contribution in [-0.4, -0.2) is 37.9 Å². The predicted octanol–water partition coefficient (Wildman–Crippen LogP) is 1.73. The molecule has 96 valence electrons. The third-order valence-electron chi connectivity index (χ3n) is 2.41. The number of hydrogen-bond donors (Lipinski definition) is 1. The van der Waals surface area contributed by atoms with Gasteiger partial charge in [-0.1, -0.05) is 0 Å². The zero-order chi connectivity index (χ0) is 12.6. The minimum absolute atomic E-state index is 0.210. The maximum atomic E-state index is 11.7. The van der Waals surface area contributed by atoms with Crippen molar-refractivity contribution in [1.29, 1.82) is 0 Å². The molecular formula is C12H25NO3. The van der Waals surface area contributed by atoms with Crippen molar-refractivity contribution >= 4 is 5.97 Å². The predicted molar refractivity (Wildman–Crippen MR) is 64.4 cm³/mol. The van der Waals surface area contributed by atoms with Gasteiger partial charge in [-0.15, -0.1) is 0 Å². The highest BCUT2D eigenvalue weighted by atomic mass is 16.5. The zero-order valence-corrected chi connectivity index (χ0v) is 11.1. The number of ether oxygens (including phenoxy) is 2. The highest BCUT2D eigenvalue weighted by Crippen LogP contribution is 2.15. The normalized spacial score (nSPS) is 14.9. The summed E-state index contributed by atoms with van der Waals surface area (Å²) in [6, 6.07) is 0.246. The smallest absolute Gasteiger partial charge is 0.325 e. The Labute approximate surface area is 98.7 Å². The molecule has 0 saturated carbocycles. The van der Waals surface area contributed by atoms with Crippen LogP contribution in [0.4, 0.5) is 0 Å². The van der Waals surface area contributed by atoms with Crippen molar-refractivity contribution in [2.24, 2.45) is 0 Å². The summed E-state index contributed by atoms with van der Waals surface area (Å²) in [7, 11) is 1.42. The van der Waals surface area contributed by atoms with Crippen LogP contribution in [0.25, 0.3) is 0 Å². The summed E-state index contributed by atoms with van der Waals surface area (Å²) in [6.45, 7) is 9.28. The summed E-state index contributed by atoms with van der Waals surface area (Å²) in [5, 5.41) is 3.25. The SMILES string of the molecule is CCOCCCC(C)(NC(C)C)C(=O)OC. The molecule has 16 heavy (non-hydrogen) atoms. The maximum absolute atomic E-state index is 11.7. The summed E-state index contributed by atoms with van der Waals surface area (Å²) in [6.07, 6.45) is 1.57. The van der Waals surface area contributed by atoms with Gasteiger partial charge < -0.3 is 9.47 Å². The maximum Gasteiger partial charge on any atom is 0.325 e. The van der Waals surface area contributed by atoms with Crippen LogP contribution in [0, 0.1) is 0 Å². The first-order valence-electron chi connectivity index (χ1n) is 5.90. The molecule has 1 unspecified atom stereocenters. The lowest BCUT2D eigenvalue weighted by molar-refractivity contribution is -0.148. The van der Waals surface area contributed by atoms with Gasteiger partial charge in [0.2, 0.25) is 0 Å². The summed E-state index contributed by atoms with van der Waals surface area (Å²) in [5.41, 5.74) is -0.611. The van der Waals surface area contributed by atoms with Crippen molar-refractivity contribution in [3.8, 4) is 0 Å². The van der Waals surface area contributed by atoms with E-state index in [9.17, 15) is 4.79 Å². The largest absolute Gasteiger partial charge is 0.468 e. The number of esters is 1. The molecule has 1 N–H and O–H groups in total. The molecule has 4 heteroatoms. The van der Waals surface area contributed by atoms with Gasteiger partial charge in [-0.3, -0.25) is 10.1 Å². The Morgan fingerprint density at radius 3 is 2.50 bits per heavy atom. The molecular weight excluding hydrogens is 206 g/mol. The average molecular weight is 231 g/mol. The fourth-order valence-electron chi connectivity index (χ4n) is 1.77. The van der Waals surface area contributed by atoms with Crippen LogP contribution in [0.1, 0.15) is 40.5 Å². The van der Waals surface area contributed by atoms with E-state index in [-0.39, 0.29) is 12.0 Å². The summed E-state index contributed by atoms with van der Waals surface area (Å²) in [5.74, 6) is -0.210. The number of hydrogen-bond acceptors (Lipinski definition) is 4. The van der Waals surface area contributed by atoms with E-state index < -0.39 is 5.54 Å². The Morgan fingerprint density at radius 1 is 1.44 bits per heavy atom. The van der Waals surface area contributed by atoms with Gasteiger partial charge in [-0.2, -0.15) is 0 Å². The third kappa shape index (κ3) is 5.47. The van der Waals surface area contributed by atoms with Crippen LogP contribution < -0.4 is 5.32 Å². The van der Waals surface area contributed by atoms with Gasteiger partial charge in [0.05, 0.1) is 7.11 Å². The fraction of sp³-hybridized carbons (Fsp3) is 0.917. The monoisotopic (exact) mass is 231 g/mol. The molecule has 0 aromatic rings. The molecule has 0 rings (SSSR count). The van der Waals surface area contributed by atoms with E-state index in [1.54, 1.807) is 0 Å². The number of methoxy groups -OCH3 is 1. The summed E-state index contributed by atoms with van der Waals surface area (Å²) < 4.78 is 10.1. The first-order chi connectivity index (χ1) is 7.46. The van der Waals surface area contributed by atoms with Gasteiger partial charge in [0, 0.05) is 19.3 Å². The van der Waals surface area contributed by atoms with Crippen molar-refractivity contribution < 1.29 is 14.3 Å². The molecule has 0 bridgehead atoms. The lowest BCUT2D eigenvalue weighted by Gasteiger charge is -2.30. The van der Waals surface area contributed by atoms with Crippen LogP contribution >= 0.6 is 0 Å². The average Bonchev–Trinajstić information content (AvgIpc) is 2.22. The van der Waals surface area contributed by atoms with E-state index in [0.717, 1.165) is 12.8 Å². The summed E-state index contributed by atoms with van der Waals surface area (Å²) >= 11 is 0. The van der Waals surface area contributed by atoms with E-state index in [1.165, 1.54) is 7.11 Å². The highest BCUT2D eigenvalue weighted by Gasteiger charge is 2.33. The van der Waals surface area contributed by atoms with Gasteiger partial charge in [0.1, 0.15) is 5.54 Å². The van der Waals surface area contributed by atoms with Crippen molar-refractivity contribution in [2.45, 2.75) is 52.1 Å². The van der Waals surface area contributed by atoms with Crippen LogP contribution in [0.5, 0.6) is 0 Å². The number of nitrogens with one attached hydrogen (secondary N) is 1. The van der Waals surface area contributed by atoms with Crippen molar-refractivity contribution in [1.82, 2.24) is 5.32 Å². The summed E-state index contributed by atoms with van der Waals surface area (Å²) in [4.78, 5) is 11.7. The molecule has 0 aliphatic heterocycles. The Balaban J connectivity index is 4.25. The Kier molecular flexibility index (Phi) is 7.34. The zero-order valence-electron chi connectivity index (χ0n) is 11.1. The minimum Gasteiger partial charge on any atom is -0.468 e. The van der Waals surface area contributed by atoms with Crippen molar-refractivity contribution in [3.63, 3.8) is 0 Å². The molecule has 0 aromatic heterocycles. The highest BCUT2D eigenvalue weighted by molar-refractivity contribution is 5.80. The van der Waals surface area contributed by atoms with Gasteiger partial charge in [-0.25, -0.2) is 0 Å². The topological polar surface area (TPSA) is 47.6 Å². The van der Waals surface area contributed by atoms with Crippen LogP contribution in [0.2, 0.25) is 0 Å². The lowest BCUT2D eigenvalue weighted by atomic mass is 9.95. The number of rotatable bonds is 8. The molecule has 0 amide bonds. The van der Waals surface area contributed by atoms with E-state index in [2.05, 4.69) is 5.32 Å². The second kappa shape index (κ2) is 7.63. The van der Waals surface area contributed by atoms with Gasteiger partial charge in [-0.05, 0) is 40.5 Å². The second-order valence-electron chi connectivity index (χ2n) is 4.42. The lowest BCUT2D eigenvalue weighted by Crippen LogP contribution is -2.53. The van der Waals surface area contributed by atoms with Gasteiger partial charge >= 0.3 is 5.97 Å². The molecule has 1 atom stereocenters. The quantitative estimate of drug-likeness (QED) is 0.510. The van der Waals surface area contributed by atoms with Gasteiger partial charge in [0.25, 0.3) is 0 Å². The van der Waals surface area contributed by atoms with Gasteiger partial charge in [0.15, 0.2) is 0 Å². The molecule has 0 aromatic carbocycles. The first kappa shape index (κ1) is 15.4. The third-order valence-corrected chi connectivity index (χ3v) is 2.41. The Hall–Kier alpha value is -0.610. The van der Waals surface area contributed by atoms with E-state index in [1.807, 2.05) is 27.7 Å². The molecule has 0 heterocycles. The standard InChI is InChI=1S/C12H25NO3/c1-6-16-9-7-8-12(4,11(14)15-5)13-10(2)3/h10,13H,6-9H2,1-5H3. The van der Waals surface area contributed by atoms with E-state index in [0.29, 0.717) is 13.2 Å². The van der Waals surface area contributed by atoms with Crippen LogP contribution in [0.3, 0.4) is 0 Å². The van der Waals surface area contributed by atoms with E-state index in [4.69, 9.17) is 9.47 Å². The number of carbonyl (C=O) groups excluding carboxylic acids is 1. The fourth-order valence-corrected chi connectivity index (χ4v) is 1.77. The molecule has 0 saturated heterocycles. The van der Waals surface area contributed by atoms with Crippen LogP contribution in [0.15, 0.2) is 0 Å². The minimum atomic E-state index is -0.611. The molecule has 0 aliphatic rings. The van der Waals surface area contributed by atoms with Crippen molar-refractivity contribution in [3.05, 3.63) is 0 Å². The molecule has 4 nitrogen and oxygen atoms in total. The number of carbonyl (C=O) groups is 1. The Bertz CT molecular complexity index is 206. The molecule has 0 spiro atoms.